The Balaban J connectivity index is 1.82. The summed E-state index contributed by atoms with van der Waals surface area (Å²) in [5.74, 6) is 1.30. The Morgan fingerprint density at radius 1 is 1.16 bits per heavy atom. The van der Waals surface area contributed by atoms with Crippen molar-refractivity contribution in [3.05, 3.63) is 53.3 Å². The molecular weight excluding hydrogens is 366 g/mol. The Labute approximate surface area is 149 Å². The molecule has 1 aromatic heterocycles. The fraction of sp³-hybridized carbons (Fsp3) is 0.125. The van der Waals surface area contributed by atoms with Gasteiger partial charge in [-0.2, -0.15) is 4.98 Å². The van der Waals surface area contributed by atoms with Gasteiger partial charge in [0.1, 0.15) is 5.75 Å². The molecule has 0 saturated heterocycles. The Morgan fingerprint density at radius 2 is 1.88 bits per heavy atom. The van der Waals surface area contributed by atoms with E-state index in [0.29, 0.717) is 28.7 Å². The number of ether oxygens (including phenoxy) is 1. The van der Waals surface area contributed by atoms with Crippen LogP contribution in [0.5, 0.6) is 5.75 Å². The quantitative estimate of drug-likeness (QED) is 0.729. The molecule has 0 spiro atoms. The molecule has 9 heteroatoms. The van der Waals surface area contributed by atoms with Crippen molar-refractivity contribution in [1.82, 2.24) is 10.1 Å². The fourth-order valence-electron chi connectivity index (χ4n) is 2.12. The summed E-state index contributed by atoms with van der Waals surface area (Å²) in [6.45, 7) is 1.72. The third kappa shape index (κ3) is 3.75. The van der Waals surface area contributed by atoms with Crippen molar-refractivity contribution in [2.75, 3.05) is 11.8 Å². The lowest BCUT2D eigenvalue weighted by molar-refractivity contribution is 0.414. The van der Waals surface area contributed by atoms with Crippen LogP contribution in [0.4, 0.5) is 5.69 Å². The zero-order valence-corrected chi connectivity index (χ0v) is 14.9. The smallest absolute Gasteiger partial charge is 0.261 e. The van der Waals surface area contributed by atoms with Crippen LogP contribution < -0.4 is 9.46 Å². The van der Waals surface area contributed by atoms with Crippen LogP contribution in [-0.2, 0) is 10.0 Å². The van der Waals surface area contributed by atoms with Crippen LogP contribution in [0.3, 0.4) is 0 Å². The molecule has 0 fully saturated rings. The molecule has 3 aromatic rings. The van der Waals surface area contributed by atoms with Gasteiger partial charge in [0.25, 0.3) is 15.9 Å². The van der Waals surface area contributed by atoms with E-state index in [0.717, 1.165) is 0 Å². The van der Waals surface area contributed by atoms with Gasteiger partial charge in [0.15, 0.2) is 5.82 Å². The average molecular weight is 380 g/mol. The van der Waals surface area contributed by atoms with E-state index < -0.39 is 10.0 Å². The van der Waals surface area contributed by atoms with Crippen LogP contribution in [0.25, 0.3) is 11.5 Å². The second-order valence-electron chi connectivity index (χ2n) is 5.13. The van der Waals surface area contributed by atoms with Gasteiger partial charge in [0.05, 0.1) is 17.0 Å². The van der Waals surface area contributed by atoms with Gasteiger partial charge in [-0.15, -0.1) is 0 Å². The van der Waals surface area contributed by atoms with Crippen LogP contribution in [0.1, 0.15) is 5.82 Å². The molecule has 0 aliphatic rings. The van der Waals surface area contributed by atoms with Crippen molar-refractivity contribution >= 4 is 27.3 Å². The number of hydrogen-bond donors (Lipinski definition) is 1. The lowest BCUT2D eigenvalue weighted by Gasteiger charge is -2.10. The molecule has 0 unspecified atom stereocenters. The summed E-state index contributed by atoms with van der Waals surface area (Å²) >= 11 is 5.99. The van der Waals surface area contributed by atoms with Gasteiger partial charge in [-0.1, -0.05) is 16.8 Å². The molecule has 0 saturated carbocycles. The van der Waals surface area contributed by atoms with Gasteiger partial charge < -0.3 is 9.26 Å². The van der Waals surface area contributed by atoms with Crippen molar-refractivity contribution in [3.8, 4) is 17.2 Å². The molecule has 25 heavy (non-hydrogen) atoms. The molecule has 0 aliphatic carbocycles. The van der Waals surface area contributed by atoms with E-state index >= 15 is 0 Å². The third-order valence-corrected chi connectivity index (χ3v) is 5.02. The molecule has 0 radical (unpaired) electrons. The fourth-order valence-corrected chi connectivity index (χ4v) is 3.53. The third-order valence-electron chi connectivity index (χ3n) is 3.35. The highest BCUT2D eigenvalue weighted by Gasteiger charge is 2.16. The van der Waals surface area contributed by atoms with E-state index in [-0.39, 0.29) is 9.92 Å². The Kier molecular flexibility index (Phi) is 4.65. The minimum absolute atomic E-state index is 0.0369. The topological polar surface area (TPSA) is 94.3 Å². The molecule has 0 amide bonds. The molecule has 0 bridgehead atoms. The van der Waals surface area contributed by atoms with Crippen LogP contribution >= 0.6 is 11.6 Å². The van der Waals surface area contributed by atoms with E-state index in [1.165, 1.54) is 25.3 Å². The van der Waals surface area contributed by atoms with Gasteiger partial charge in [0, 0.05) is 11.3 Å². The summed E-state index contributed by atoms with van der Waals surface area (Å²) in [6.07, 6.45) is 0. The highest BCUT2D eigenvalue weighted by molar-refractivity contribution is 7.92. The summed E-state index contributed by atoms with van der Waals surface area (Å²) in [5, 5.41) is 3.93. The predicted octanol–water partition coefficient (Wildman–Crippen LogP) is 3.51. The standard InChI is InChI=1S/C16H14ClN3O4S/c1-10-18-16(24-19-10)11-3-5-12(6-4-11)20-25(21,22)13-7-8-15(23-2)14(17)9-13/h3-9,20H,1-2H3. The number of methoxy groups -OCH3 is 1. The monoisotopic (exact) mass is 379 g/mol. The van der Waals surface area contributed by atoms with Gasteiger partial charge >= 0.3 is 0 Å². The van der Waals surface area contributed by atoms with Crippen molar-refractivity contribution in [2.45, 2.75) is 11.8 Å². The van der Waals surface area contributed by atoms with Crippen molar-refractivity contribution in [2.24, 2.45) is 0 Å². The number of aromatic nitrogens is 2. The first-order valence-electron chi connectivity index (χ1n) is 7.16. The van der Waals surface area contributed by atoms with E-state index in [2.05, 4.69) is 14.9 Å². The number of nitrogens with one attached hydrogen (secondary N) is 1. The zero-order valence-electron chi connectivity index (χ0n) is 13.4. The van der Waals surface area contributed by atoms with E-state index in [9.17, 15) is 8.42 Å². The molecule has 1 N–H and O–H groups in total. The Morgan fingerprint density at radius 3 is 2.44 bits per heavy atom. The molecule has 2 aromatic carbocycles. The summed E-state index contributed by atoms with van der Waals surface area (Å²) in [7, 11) is -2.32. The minimum atomic E-state index is -3.78. The van der Waals surface area contributed by atoms with Crippen molar-refractivity contribution < 1.29 is 17.7 Å². The summed E-state index contributed by atoms with van der Waals surface area (Å²) in [4.78, 5) is 4.15. The lowest BCUT2D eigenvalue weighted by atomic mass is 10.2. The largest absolute Gasteiger partial charge is 0.495 e. The number of hydrogen-bond acceptors (Lipinski definition) is 6. The Hall–Kier alpha value is -2.58. The van der Waals surface area contributed by atoms with Gasteiger partial charge in [-0.3, -0.25) is 4.72 Å². The first kappa shape index (κ1) is 17.2. The van der Waals surface area contributed by atoms with Crippen LogP contribution in [0, 0.1) is 6.92 Å². The molecule has 1 heterocycles. The molecule has 3 rings (SSSR count). The van der Waals surface area contributed by atoms with Crippen molar-refractivity contribution in [1.29, 1.82) is 0 Å². The number of sulfonamides is 1. The average Bonchev–Trinajstić information content (AvgIpc) is 3.01. The maximum absolute atomic E-state index is 12.5. The van der Waals surface area contributed by atoms with Gasteiger partial charge in [0.2, 0.25) is 0 Å². The van der Waals surface area contributed by atoms with E-state index in [4.69, 9.17) is 20.9 Å². The van der Waals surface area contributed by atoms with E-state index in [1.54, 1.807) is 31.2 Å². The second kappa shape index (κ2) is 6.73. The zero-order chi connectivity index (χ0) is 18.0. The number of rotatable bonds is 5. The van der Waals surface area contributed by atoms with Gasteiger partial charge in [-0.05, 0) is 49.4 Å². The Bertz CT molecular complexity index is 1000. The number of anilines is 1. The second-order valence-corrected chi connectivity index (χ2v) is 7.22. The lowest BCUT2D eigenvalue weighted by Crippen LogP contribution is -2.12. The summed E-state index contributed by atoms with van der Waals surface area (Å²) < 4.78 is 37.5. The SMILES string of the molecule is COc1ccc(S(=O)(=O)Nc2ccc(-c3nc(C)no3)cc2)cc1Cl. The van der Waals surface area contributed by atoms with Crippen LogP contribution in [0.2, 0.25) is 5.02 Å². The van der Waals surface area contributed by atoms with Gasteiger partial charge in [-0.25, -0.2) is 8.42 Å². The predicted molar refractivity (Wildman–Crippen MR) is 93.3 cm³/mol. The highest BCUT2D eigenvalue weighted by atomic mass is 35.5. The maximum Gasteiger partial charge on any atom is 0.261 e. The maximum atomic E-state index is 12.5. The first-order valence-corrected chi connectivity index (χ1v) is 9.02. The number of benzene rings is 2. The molecule has 7 nitrogen and oxygen atoms in total. The minimum Gasteiger partial charge on any atom is -0.495 e. The summed E-state index contributed by atoms with van der Waals surface area (Å²) in [5.41, 5.74) is 1.09. The highest BCUT2D eigenvalue weighted by Crippen LogP contribution is 2.28. The number of nitrogens with zero attached hydrogens (tertiary/aromatic N) is 2. The van der Waals surface area contributed by atoms with Crippen LogP contribution in [-0.4, -0.2) is 25.7 Å². The first-order chi connectivity index (χ1) is 11.9. The van der Waals surface area contributed by atoms with Crippen molar-refractivity contribution in [3.63, 3.8) is 0 Å². The molecule has 0 aliphatic heterocycles. The normalized spacial score (nSPS) is 11.3. The molecule has 0 atom stereocenters. The molecular formula is C16H14ClN3O4S. The summed E-state index contributed by atoms with van der Waals surface area (Å²) in [6, 6.07) is 10.8. The number of halogens is 1. The number of aryl methyl sites for hydroxylation is 1. The van der Waals surface area contributed by atoms with Crippen LogP contribution in [0.15, 0.2) is 51.9 Å². The van der Waals surface area contributed by atoms with E-state index in [1.807, 2.05) is 0 Å². The molecule has 130 valence electrons.